The predicted octanol–water partition coefficient (Wildman–Crippen LogP) is 7.08. The normalized spacial score (nSPS) is 11.2. The Morgan fingerprint density at radius 1 is 0.875 bits per heavy atom. The molecule has 0 aliphatic heterocycles. The number of thioether (sulfide) groups is 1. The van der Waals surface area contributed by atoms with Crippen molar-refractivity contribution in [2.24, 2.45) is 0 Å². The molecule has 0 atom stereocenters. The largest absolute Gasteiger partial charge is 0.302 e. The summed E-state index contributed by atoms with van der Waals surface area (Å²) in [5.41, 5.74) is 5.34. The lowest BCUT2D eigenvalue weighted by Gasteiger charge is -2.12. The average Bonchev–Trinajstić information content (AvgIpc) is 3.25. The average molecular weight is 548 g/mol. The molecule has 158 valence electrons. The Bertz CT molecular complexity index is 1380. The van der Waals surface area contributed by atoms with Crippen LogP contribution in [0.2, 0.25) is 0 Å². The van der Waals surface area contributed by atoms with Crippen molar-refractivity contribution in [2.75, 3.05) is 0 Å². The fraction of sp³-hybridized carbons (Fsp3) is 0.115. The second-order valence-corrected chi connectivity index (χ2v) is 9.60. The van der Waals surface area contributed by atoms with Crippen molar-refractivity contribution >= 4 is 45.3 Å². The maximum absolute atomic E-state index is 4.91. The molecule has 0 saturated carbocycles. The Morgan fingerprint density at radius 2 is 1.69 bits per heavy atom. The first-order valence-corrected chi connectivity index (χ1v) is 12.6. The van der Waals surface area contributed by atoms with Gasteiger partial charge in [-0.25, -0.2) is 4.98 Å². The molecule has 32 heavy (non-hydrogen) atoms. The third-order valence-corrected chi connectivity index (χ3v) is 7.03. The van der Waals surface area contributed by atoms with Crippen LogP contribution in [-0.4, -0.2) is 19.7 Å². The Labute approximate surface area is 205 Å². The van der Waals surface area contributed by atoms with Gasteiger partial charge in [-0.3, -0.25) is 0 Å². The first kappa shape index (κ1) is 21.2. The molecule has 0 saturated heterocycles. The lowest BCUT2D eigenvalue weighted by Crippen LogP contribution is -2.01. The minimum Gasteiger partial charge on any atom is -0.302 e. The van der Waals surface area contributed by atoms with Gasteiger partial charge in [-0.15, -0.1) is 10.2 Å². The monoisotopic (exact) mass is 548 g/mol. The summed E-state index contributed by atoms with van der Waals surface area (Å²) in [5.74, 6) is 1.75. The number of pyridine rings is 1. The minimum atomic E-state index is 0.800. The van der Waals surface area contributed by atoms with E-state index in [1.165, 1.54) is 9.13 Å². The molecule has 4 nitrogen and oxygen atoms in total. The fourth-order valence-corrected chi connectivity index (χ4v) is 5.32. The van der Waals surface area contributed by atoms with Gasteiger partial charge < -0.3 is 4.57 Å². The Balaban J connectivity index is 1.58. The van der Waals surface area contributed by atoms with Crippen LogP contribution in [-0.2, 0) is 12.3 Å². The van der Waals surface area contributed by atoms with Gasteiger partial charge in [0.05, 0.1) is 11.2 Å². The number of rotatable bonds is 6. The molecule has 5 rings (SSSR count). The van der Waals surface area contributed by atoms with E-state index in [1.54, 1.807) is 11.8 Å². The van der Waals surface area contributed by atoms with Crippen LogP contribution < -0.4 is 0 Å². The lowest BCUT2D eigenvalue weighted by molar-refractivity contribution is 0.687. The van der Waals surface area contributed by atoms with Crippen molar-refractivity contribution in [3.8, 4) is 22.6 Å². The molecular formula is C26H21IN4S. The van der Waals surface area contributed by atoms with Gasteiger partial charge in [0.1, 0.15) is 0 Å². The van der Waals surface area contributed by atoms with Gasteiger partial charge in [0, 0.05) is 32.4 Å². The first-order valence-electron chi connectivity index (χ1n) is 10.5. The quantitative estimate of drug-likeness (QED) is 0.168. The second kappa shape index (κ2) is 9.42. The maximum Gasteiger partial charge on any atom is 0.191 e. The summed E-state index contributed by atoms with van der Waals surface area (Å²) < 4.78 is 3.45. The molecule has 0 spiro atoms. The number of hydrogen-bond acceptors (Lipinski definition) is 4. The zero-order valence-corrected chi connectivity index (χ0v) is 20.5. The molecule has 0 bridgehead atoms. The van der Waals surface area contributed by atoms with Crippen molar-refractivity contribution in [3.05, 3.63) is 94.1 Å². The molecule has 3 aromatic carbocycles. The molecule has 0 unspecified atom stereocenters. The minimum absolute atomic E-state index is 0.800. The van der Waals surface area contributed by atoms with E-state index in [4.69, 9.17) is 4.98 Å². The summed E-state index contributed by atoms with van der Waals surface area (Å²) in [6.45, 7) is 2.94. The van der Waals surface area contributed by atoms with Crippen molar-refractivity contribution in [2.45, 2.75) is 24.4 Å². The number of nitrogens with zero attached hydrogens (tertiary/aromatic N) is 4. The van der Waals surface area contributed by atoms with Crippen LogP contribution in [0.15, 0.2) is 90.1 Å². The van der Waals surface area contributed by atoms with Crippen LogP contribution in [0.1, 0.15) is 12.5 Å². The summed E-state index contributed by atoms with van der Waals surface area (Å²) in [6, 6.07) is 29.3. The second-order valence-electron chi connectivity index (χ2n) is 7.41. The molecule has 2 heterocycles. The van der Waals surface area contributed by atoms with Crippen LogP contribution in [0.25, 0.3) is 33.5 Å². The van der Waals surface area contributed by atoms with Gasteiger partial charge in [-0.05, 0) is 59.3 Å². The highest BCUT2D eigenvalue weighted by atomic mass is 127. The van der Waals surface area contributed by atoms with Crippen LogP contribution >= 0.6 is 34.4 Å². The van der Waals surface area contributed by atoms with E-state index in [-0.39, 0.29) is 0 Å². The molecule has 0 aliphatic rings. The number of benzene rings is 3. The fourth-order valence-electron chi connectivity index (χ4n) is 3.77. The Morgan fingerprint density at radius 3 is 2.50 bits per heavy atom. The van der Waals surface area contributed by atoms with E-state index < -0.39 is 0 Å². The van der Waals surface area contributed by atoms with Gasteiger partial charge in [-0.2, -0.15) is 0 Å². The highest BCUT2D eigenvalue weighted by molar-refractivity contribution is 14.1. The summed E-state index contributed by atoms with van der Waals surface area (Å²) in [6.07, 6.45) is 0. The molecule has 0 N–H and O–H groups in total. The highest BCUT2D eigenvalue weighted by Crippen LogP contribution is 2.33. The van der Waals surface area contributed by atoms with Crippen LogP contribution in [0, 0.1) is 3.57 Å². The maximum atomic E-state index is 4.91. The predicted molar refractivity (Wildman–Crippen MR) is 141 cm³/mol. The standard InChI is InChI=1S/C26H21IN4S/c1-2-31-25(29-30-26(31)32-17-18-9-8-12-20(27)15-18)22-16-24(19-10-4-3-5-11-19)28-23-14-7-6-13-21(22)23/h3-16H,2,17H2,1H3. The number of halogens is 1. The molecule has 6 heteroatoms. The van der Waals surface area contributed by atoms with E-state index in [9.17, 15) is 0 Å². The third kappa shape index (κ3) is 4.29. The first-order chi connectivity index (χ1) is 15.7. The summed E-state index contributed by atoms with van der Waals surface area (Å²) in [7, 11) is 0. The highest BCUT2D eigenvalue weighted by Gasteiger charge is 2.17. The molecule has 0 fully saturated rings. The van der Waals surface area contributed by atoms with Crippen LogP contribution in [0.3, 0.4) is 0 Å². The number of hydrogen-bond donors (Lipinski definition) is 0. The molecule has 0 amide bonds. The van der Waals surface area contributed by atoms with Crippen molar-refractivity contribution < 1.29 is 0 Å². The molecule has 5 aromatic rings. The zero-order chi connectivity index (χ0) is 21.9. The van der Waals surface area contributed by atoms with E-state index in [0.29, 0.717) is 0 Å². The van der Waals surface area contributed by atoms with Crippen LogP contribution in [0.5, 0.6) is 0 Å². The Kier molecular flexibility index (Phi) is 6.23. The van der Waals surface area contributed by atoms with Gasteiger partial charge in [0.15, 0.2) is 11.0 Å². The smallest absolute Gasteiger partial charge is 0.191 e. The lowest BCUT2D eigenvalue weighted by atomic mass is 10.0. The van der Waals surface area contributed by atoms with E-state index in [0.717, 1.165) is 51.0 Å². The van der Waals surface area contributed by atoms with Crippen LogP contribution in [0.4, 0.5) is 0 Å². The Hall–Kier alpha value is -2.71. The molecule has 2 aromatic heterocycles. The van der Waals surface area contributed by atoms with Crippen molar-refractivity contribution in [1.29, 1.82) is 0 Å². The zero-order valence-electron chi connectivity index (χ0n) is 17.6. The number of fused-ring (bicyclic) bond motifs is 1. The van der Waals surface area contributed by atoms with Crippen molar-refractivity contribution in [1.82, 2.24) is 19.7 Å². The van der Waals surface area contributed by atoms with Gasteiger partial charge >= 0.3 is 0 Å². The van der Waals surface area contributed by atoms with E-state index in [2.05, 4.69) is 105 Å². The van der Waals surface area contributed by atoms with Gasteiger partial charge in [0.25, 0.3) is 0 Å². The van der Waals surface area contributed by atoms with E-state index >= 15 is 0 Å². The molecule has 0 aliphatic carbocycles. The van der Waals surface area contributed by atoms with Gasteiger partial charge in [0.2, 0.25) is 0 Å². The topological polar surface area (TPSA) is 43.6 Å². The van der Waals surface area contributed by atoms with Gasteiger partial charge in [-0.1, -0.05) is 72.4 Å². The molecule has 0 radical (unpaired) electrons. The summed E-state index contributed by atoms with van der Waals surface area (Å²) >= 11 is 4.08. The third-order valence-electron chi connectivity index (χ3n) is 5.32. The number of aromatic nitrogens is 4. The number of para-hydroxylation sites is 1. The molecular weight excluding hydrogens is 527 g/mol. The summed E-state index contributed by atoms with van der Waals surface area (Å²) in [5, 5.41) is 11.2. The van der Waals surface area contributed by atoms with Crippen molar-refractivity contribution in [3.63, 3.8) is 0 Å². The SMILES string of the molecule is CCn1c(SCc2cccc(I)c2)nnc1-c1cc(-c2ccccc2)nc2ccccc12. The summed E-state index contributed by atoms with van der Waals surface area (Å²) in [4.78, 5) is 4.91. The van der Waals surface area contributed by atoms with E-state index in [1.807, 2.05) is 24.3 Å².